The van der Waals surface area contributed by atoms with Crippen molar-refractivity contribution in [3.8, 4) is 5.75 Å². The van der Waals surface area contributed by atoms with Crippen molar-refractivity contribution in [1.82, 2.24) is 9.97 Å². The lowest BCUT2D eigenvalue weighted by atomic mass is 9.78. The highest BCUT2D eigenvalue weighted by molar-refractivity contribution is 6.09. The molecule has 2 N–H and O–H groups in total. The van der Waals surface area contributed by atoms with E-state index in [9.17, 15) is 18.0 Å². The summed E-state index contributed by atoms with van der Waals surface area (Å²) in [6.45, 7) is 1.97. The monoisotopic (exact) mass is 465 g/mol. The van der Waals surface area contributed by atoms with E-state index in [1.54, 1.807) is 6.20 Å². The second-order valence-corrected chi connectivity index (χ2v) is 8.58. The van der Waals surface area contributed by atoms with Crippen LogP contribution in [0.25, 0.3) is 10.9 Å². The molecule has 0 atom stereocenters. The second-order valence-electron chi connectivity index (χ2n) is 8.58. The van der Waals surface area contributed by atoms with E-state index < -0.39 is 17.6 Å². The molecule has 2 aromatic carbocycles. The summed E-state index contributed by atoms with van der Waals surface area (Å²) in [5.41, 5.74) is 2.90. The Hall–Kier alpha value is -3.81. The molecule has 2 heterocycles. The fraction of sp³-hybridized carbons (Fsp3) is 0.231. The fourth-order valence-electron chi connectivity index (χ4n) is 4.13. The average Bonchev–Trinajstić information content (AvgIpc) is 3.18. The first kappa shape index (κ1) is 22.0. The highest BCUT2D eigenvalue weighted by Gasteiger charge is 2.32. The number of fused-ring (bicyclic) bond motifs is 1. The predicted molar refractivity (Wildman–Crippen MR) is 123 cm³/mol. The van der Waals surface area contributed by atoms with Crippen molar-refractivity contribution in [2.24, 2.45) is 0 Å². The summed E-state index contributed by atoms with van der Waals surface area (Å²) in [4.78, 5) is 20.0. The van der Waals surface area contributed by atoms with Crippen LogP contribution in [0.2, 0.25) is 0 Å². The summed E-state index contributed by atoms with van der Waals surface area (Å²) >= 11 is 0. The molecule has 8 heteroatoms. The first-order chi connectivity index (χ1) is 16.3. The minimum absolute atomic E-state index is 0.105. The molecule has 1 aliphatic rings. The van der Waals surface area contributed by atoms with Crippen molar-refractivity contribution in [3.05, 3.63) is 89.4 Å². The normalized spacial score (nSPS) is 17.9. The molecule has 0 aliphatic heterocycles. The van der Waals surface area contributed by atoms with E-state index in [0.29, 0.717) is 17.4 Å². The molecule has 1 aliphatic carbocycles. The van der Waals surface area contributed by atoms with Crippen molar-refractivity contribution in [1.29, 1.82) is 0 Å². The Morgan fingerprint density at radius 3 is 2.53 bits per heavy atom. The van der Waals surface area contributed by atoms with Crippen LogP contribution in [0.15, 0.2) is 67.0 Å². The first-order valence-electron chi connectivity index (χ1n) is 11.0. The Balaban J connectivity index is 1.25. The van der Waals surface area contributed by atoms with Gasteiger partial charge < -0.3 is 15.0 Å². The molecule has 0 saturated heterocycles. The highest BCUT2D eigenvalue weighted by atomic mass is 19.4. The fourth-order valence-corrected chi connectivity index (χ4v) is 4.13. The summed E-state index contributed by atoms with van der Waals surface area (Å²) in [6.07, 6.45) is 1.06. The minimum Gasteiger partial charge on any atom is -0.490 e. The van der Waals surface area contributed by atoms with Crippen LogP contribution in [0.1, 0.15) is 45.9 Å². The molecule has 5 nitrogen and oxygen atoms in total. The van der Waals surface area contributed by atoms with E-state index in [1.807, 2.05) is 37.4 Å². The Morgan fingerprint density at radius 2 is 1.85 bits per heavy atom. The van der Waals surface area contributed by atoms with Crippen LogP contribution in [0.3, 0.4) is 0 Å². The van der Waals surface area contributed by atoms with Gasteiger partial charge in [0.15, 0.2) is 0 Å². The molecular weight excluding hydrogens is 443 g/mol. The Kier molecular flexibility index (Phi) is 5.51. The number of hydrogen-bond donors (Lipinski definition) is 2. The zero-order valence-electron chi connectivity index (χ0n) is 18.3. The van der Waals surface area contributed by atoms with E-state index in [-0.39, 0.29) is 11.7 Å². The van der Waals surface area contributed by atoms with Gasteiger partial charge in [-0.3, -0.25) is 9.78 Å². The number of aromatic nitrogens is 2. The van der Waals surface area contributed by atoms with Crippen molar-refractivity contribution >= 4 is 22.5 Å². The van der Waals surface area contributed by atoms with Gasteiger partial charge in [0.25, 0.3) is 5.91 Å². The smallest absolute Gasteiger partial charge is 0.416 e. The summed E-state index contributed by atoms with van der Waals surface area (Å²) in [5.74, 6) is 0.643. The van der Waals surface area contributed by atoms with Crippen LogP contribution in [0, 0.1) is 6.92 Å². The summed E-state index contributed by atoms with van der Waals surface area (Å²) in [5, 5.41) is 3.53. The third kappa shape index (κ3) is 4.48. The van der Waals surface area contributed by atoms with Gasteiger partial charge in [0.05, 0.1) is 17.4 Å². The van der Waals surface area contributed by atoms with Crippen LogP contribution in [-0.4, -0.2) is 22.0 Å². The maximum absolute atomic E-state index is 12.8. The van der Waals surface area contributed by atoms with Gasteiger partial charge in [0.1, 0.15) is 5.75 Å². The van der Waals surface area contributed by atoms with Gasteiger partial charge in [0.2, 0.25) is 0 Å². The van der Waals surface area contributed by atoms with Gasteiger partial charge in [-0.1, -0.05) is 6.07 Å². The van der Waals surface area contributed by atoms with Crippen LogP contribution in [0.5, 0.6) is 5.75 Å². The number of benzene rings is 2. The van der Waals surface area contributed by atoms with Gasteiger partial charge in [-0.05, 0) is 79.8 Å². The predicted octanol–water partition coefficient (Wildman–Crippen LogP) is 6.47. The summed E-state index contributed by atoms with van der Waals surface area (Å²) in [7, 11) is 0. The minimum atomic E-state index is -4.44. The van der Waals surface area contributed by atoms with E-state index >= 15 is 0 Å². The van der Waals surface area contributed by atoms with Crippen LogP contribution < -0.4 is 10.1 Å². The third-order valence-electron chi connectivity index (χ3n) is 6.18. The number of ether oxygens (including phenoxy) is 1. The standard InChI is InChI=1S/C26H22F3N3O2/c1-15-2-3-17(13-30-15)18-10-21(11-18)34-20-8-9-23-22(12-20)24(14-31-23)32-25(33)16-4-6-19(7-5-16)26(27,28)29/h2-9,12-14,18,21,31H,10-11H2,1H3,(H,32,33)/t18-,21+. The largest absolute Gasteiger partial charge is 0.490 e. The molecule has 4 aromatic rings. The quantitative estimate of drug-likeness (QED) is 0.355. The highest BCUT2D eigenvalue weighted by Crippen LogP contribution is 2.39. The van der Waals surface area contributed by atoms with Gasteiger partial charge >= 0.3 is 6.18 Å². The van der Waals surface area contributed by atoms with Crippen LogP contribution in [0.4, 0.5) is 18.9 Å². The first-order valence-corrected chi connectivity index (χ1v) is 11.0. The number of anilines is 1. The lowest BCUT2D eigenvalue weighted by Crippen LogP contribution is -2.32. The number of nitrogens with one attached hydrogen (secondary N) is 2. The maximum atomic E-state index is 12.8. The van der Waals surface area contributed by atoms with E-state index in [1.165, 1.54) is 5.56 Å². The number of alkyl halides is 3. The maximum Gasteiger partial charge on any atom is 0.416 e. The Morgan fingerprint density at radius 1 is 1.09 bits per heavy atom. The third-order valence-corrected chi connectivity index (χ3v) is 6.18. The number of amides is 1. The number of carbonyl (C=O) groups is 1. The van der Waals surface area contributed by atoms with Crippen molar-refractivity contribution < 1.29 is 22.7 Å². The molecule has 0 bridgehead atoms. The molecule has 0 radical (unpaired) electrons. The van der Waals surface area contributed by atoms with Gasteiger partial charge in [-0.25, -0.2) is 0 Å². The number of nitrogens with zero attached hydrogens (tertiary/aromatic N) is 1. The zero-order chi connectivity index (χ0) is 23.9. The summed E-state index contributed by atoms with van der Waals surface area (Å²) in [6, 6.07) is 13.9. The molecule has 0 spiro atoms. The van der Waals surface area contributed by atoms with E-state index in [0.717, 1.165) is 53.7 Å². The molecule has 1 fully saturated rings. The number of aromatic amines is 1. The molecule has 2 aromatic heterocycles. The SMILES string of the molecule is Cc1ccc([C@H]2C[C@@H](Oc3ccc4[nH]cc(NC(=O)c5ccc(C(F)(F)F)cc5)c4c3)C2)cn1. The van der Waals surface area contributed by atoms with Crippen LogP contribution in [-0.2, 0) is 6.18 Å². The molecule has 5 rings (SSSR count). The number of hydrogen-bond acceptors (Lipinski definition) is 3. The average molecular weight is 465 g/mol. The topological polar surface area (TPSA) is 67.0 Å². The second kappa shape index (κ2) is 8.52. The Bertz CT molecular complexity index is 1320. The number of carbonyl (C=O) groups excluding carboxylic acids is 1. The van der Waals surface area contributed by atoms with Crippen molar-refractivity contribution in [2.75, 3.05) is 5.32 Å². The molecular formula is C26H22F3N3O2. The lowest BCUT2D eigenvalue weighted by Gasteiger charge is -2.35. The number of aryl methyl sites for hydroxylation is 1. The number of rotatable bonds is 5. The molecule has 1 saturated carbocycles. The van der Waals surface area contributed by atoms with Gasteiger partial charge in [-0.15, -0.1) is 0 Å². The number of pyridine rings is 1. The van der Waals surface area contributed by atoms with Gasteiger partial charge in [-0.2, -0.15) is 13.2 Å². The Labute approximate surface area is 194 Å². The number of halogens is 3. The van der Waals surface area contributed by atoms with E-state index in [2.05, 4.69) is 21.4 Å². The molecule has 34 heavy (non-hydrogen) atoms. The van der Waals surface area contributed by atoms with Crippen molar-refractivity contribution in [3.63, 3.8) is 0 Å². The lowest BCUT2D eigenvalue weighted by molar-refractivity contribution is -0.137. The molecule has 0 unspecified atom stereocenters. The van der Waals surface area contributed by atoms with Crippen molar-refractivity contribution in [2.45, 2.75) is 38.0 Å². The van der Waals surface area contributed by atoms with E-state index in [4.69, 9.17) is 4.74 Å². The molecule has 174 valence electrons. The van der Waals surface area contributed by atoms with Gasteiger partial charge in [0, 0.05) is 34.6 Å². The zero-order valence-corrected chi connectivity index (χ0v) is 18.3. The van der Waals surface area contributed by atoms with Crippen LogP contribution >= 0.6 is 0 Å². The molecule has 1 amide bonds. The number of H-pyrrole nitrogens is 1. The summed E-state index contributed by atoms with van der Waals surface area (Å²) < 4.78 is 44.4.